The van der Waals surface area contributed by atoms with E-state index in [2.05, 4.69) is 10.1 Å². The van der Waals surface area contributed by atoms with Crippen molar-refractivity contribution in [1.29, 1.82) is 0 Å². The molecule has 1 aliphatic heterocycles. The maximum Gasteiger partial charge on any atom is 0.343 e. The molecule has 10 nitrogen and oxygen atoms in total. The van der Waals surface area contributed by atoms with E-state index >= 15 is 0 Å². The van der Waals surface area contributed by atoms with Crippen LogP contribution in [0.3, 0.4) is 0 Å². The van der Waals surface area contributed by atoms with Crippen molar-refractivity contribution in [3.8, 4) is 22.9 Å². The summed E-state index contributed by atoms with van der Waals surface area (Å²) in [7, 11) is -1.32. The molecule has 0 N–H and O–H groups in total. The molecule has 1 aromatic heterocycles. The molecule has 11 heteroatoms. The van der Waals surface area contributed by atoms with Crippen LogP contribution in [0.4, 0.5) is 16.2 Å². The van der Waals surface area contributed by atoms with E-state index in [-0.39, 0.29) is 34.5 Å². The summed E-state index contributed by atoms with van der Waals surface area (Å²) in [5.41, 5.74) is 1.07. The Balaban J connectivity index is 1.57. The summed E-state index contributed by atoms with van der Waals surface area (Å²) in [5.74, 6) is 1.19. The molecule has 0 saturated carbocycles. The normalized spacial score (nSPS) is 14.5. The quantitative estimate of drug-likeness (QED) is 0.395. The standard InChI is InChI=1S/C24H20N4O6S/c1-32-19-13-12-17(14-20(19)33-2)28-24(29)27(18-10-6-7-11-21(18)35(28,30)31)15-22-25-23(26-34-22)16-8-4-3-5-9-16/h3-14H,15H2,1-2H3. The number of nitrogens with zero attached hydrogens (tertiary/aromatic N) is 4. The fourth-order valence-electron chi connectivity index (χ4n) is 3.82. The molecule has 4 aromatic rings. The zero-order chi connectivity index (χ0) is 24.6. The predicted octanol–water partition coefficient (Wildman–Crippen LogP) is 4.09. The van der Waals surface area contributed by atoms with Crippen molar-refractivity contribution >= 4 is 27.4 Å². The highest BCUT2D eigenvalue weighted by Gasteiger charge is 2.43. The zero-order valence-corrected chi connectivity index (χ0v) is 19.6. The summed E-state index contributed by atoms with van der Waals surface area (Å²) in [4.78, 5) is 19.3. The van der Waals surface area contributed by atoms with Crippen LogP contribution in [0.1, 0.15) is 5.89 Å². The number of methoxy groups -OCH3 is 2. The molecule has 1 aliphatic rings. The molecular weight excluding hydrogens is 472 g/mol. The third-order valence-corrected chi connectivity index (χ3v) is 7.22. The number of urea groups is 1. The topological polar surface area (TPSA) is 115 Å². The Labute approximate surface area is 201 Å². The molecule has 0 aliphatic carbocycles. The molecule has 0 atom stereocenters. The third kappa shape index (κ3) is 3.85. The third-order valence-electron chi connectivity index (χ3n) is 5.47. The van der Waals surface area contributed by atoms with E-state index in [0.717, 1.165) is 9.87 Å². The minimum Gasteiger partial charge on any atom is -0.493 e. The SMILES string of the molecule is COc1ccc(N2C(=O)N(Cc3nc(-c4ccccc4)no3)c3ccccc3S2(=O)=O)cc1OC. The van der Waals surface area contributed by atoms with Gasteiger partial charge in [0.05, 0.1) is 25.6 Å². The van der Waals surface area contributed by atoms with Crippen molar-refractivity contribution in [3.05, 3.63) is 78.7 Å². The number of hydrogen-bond acceptors (Lipinski definition) is 8. The molecule has 0 unspecified atom stereocenters. The van der Waals surface area contributed by atoms with Crippen molar-refractivity contribution in [1.82, 2.24) is 10.1 Å². The second kappa shape index (κ2) is 8.76. The van der Waals surface area contributed by atoms with E-state index in [1.165, 1.54) is 43.4 Å². The van der Waals surface area contributed by atoms with Crippen LogP contribution in [0, 0.1) is 0 Å². The summed E-state index contributed by atoms with van der Waals surface area (Å²) >= 11 is 0. The smallest absolute Gasteiger partial charge is 0.343 e. The highest BCUT2D eigenvalue weighted by Crippen LogP contribution is 2.40. The lowest BCUT2D eigenvalue weighted by molar-refractivity contribution is 0.252. The molecular formula is C24H20N4O6S. The average Bonchev–Trinajstić information content (AvgIpc) is 3.36. The number of hydrogen-bond donors (Lipinski definition) is 0. The number of fused-ring (bicyclic) bond motifs is 1. The first kappa shape index (κ1) is 22.4. The van der Waals surface area contributed by atoms with Crippen LogP contribution in [0.5, 0.6) is 11.5 Å². The van der Waals surface area contributed by atoms with Crippen LogP contribution in [-0.4, -0.2) is 38.8 Å². The van der Waals surface area contributed by atoms with Crippen LogP contribution >= 0.6 is 0 Å². The van der Waals surface area contributed by atoms with Gasteiger partial charge in [-0.15, -0.1) is 0 Å². The van der Waals surface area contributed by atoms with Gasteiger partial charge in [-0.2, -0.15) is 9.29 Å². The lowest BCUT2D eigenvalue weighted by Crippen LogP contribution is -2.50. The first-order valence-electron chi connectivity index (χ1n) is 10.5. The molecule has 3 aromatic carbocycles. The Morgan fingerprint density at radius 3 is 2.37 bits per heavy atom. The van der Waals surface area contributed by atoms with Gasteiger partial charge in [0.1, 0.15) is 11.4 Å². The van der Waals surface area contributed by atoms with Crippen molar-refractivity contribution in [2.45, 2.75) is 11.4 Å². The minimum atomic E-state index is -4.21. The van der Waals surface area contributed by atoms with Crippen LogP contribution in [-0.2, 0) is 16.6 Å². The second-order valence-electron chi connectivity index (χ2n) is 7.52. The number of aromatic nitrogens is 2. The highest BCUT2D eigenvalue weighted by molar-refractivity contribution is 7.94. The van der Waals surface area contributed by atoms with Crippen molar-refractivity contribution in [2.24, 2.45) is 0 Å². The van der Waals surface area contributed by atoms with Crippen molar-refractivity contribution in [2.75, 3.05) is 23.4 Å². The largest absolute Gasteiger partial charge is 0.493 e. The summed E-state index contributed by atoms with van der Waals surface area (Å²) < 4.78 is 43.7. The zero-order valence-electron chi connectivity index (χ0n) is 18.8. The van der Waals surface area contributed by atoms with Gasteiger partial charge in [0.2, 0.25) is 11.7 Å². The lowest BCUT2D eigenvalue weighted by Gasteiger charge is -2.35. The molecule has 0 bridgehead atoms. The van der Waals surface area contributed by atoms with Crippen LogP contribution in [0.2, 0.25) is 0 Å². The van der Waals surface area contributed by atoms with E-state index in [0.29, 0.717) is 11.6 Å². The number of carbonyl (C=O) groups excluding carboxylic acids is 1. The molecule has 2 heterocycles. The molecule has 0 radical (unpaired) electrons. The average molecular weight is 493 g/mol. The molecule has 2 amide bonds. The first-order valence-corrected chi connectivity index (χ1v) is 11.9. The van der Waals surface area contributed by atoms with E-state index in [9.17, 15) is 13.2 Å². The Kier molecular flexibility index (Phi) is 5.61. The van der Waals surface area contributed by atoms with Crippen molar-refractivity contribution < 1.29 is 27.2 Å². The number of rotatable bonds is 6. The van der Waals surface area contributed by atoms with Gasteiger partial charge in [-0.25, -0.2) is 13.2 Å². The van der Waals surface area contributed by atoms with E-state index in [1.54, 1.807) is 18.2 Å². The number of ether oxygens (including phenoxy) is 2. The van der Waals surface area contributed by atoms with Gasteiger partial charge in [0, 0.05) is 11.6 Å². The maximum atomic E-state index is 13.7. The van der Waals surface area contributed by atoms with Gasteiger partial charge in [0.15, 0.2) is 11.5 Å². The van der Waals surface area contributed by atoms with Gasteiger partial charge in [-0.3, -0.25) is 4.90 Å². The summed E-state index contributed by atoms with van der Waals surface area (Å²) in [6, 6.07) is 19.1. The van der Waals surface area contributed by atoms with E-state index in [4.69, 9.17) is 14.0 Å². The Hall–Kier alpha value is -4.38. The summed E-state index contributed by atoms with van der Waals surface area (Å²) in [6.07, 6.45) is 0. The molecule has 35 heavy (non-hydrogen) atoms. The molecule has 178 valence electrons. The fourth-order valence-corrected chi connectivity index (χ4v) is 5.41. The van der Waals surface area contributed by atoms with Gasteiger partial charge in [-0.1, -0.05) is 47.6 Å². The fraction of sp³-hybridized carbons (Fsp3) is 0.125. The lowest BCUT2D eigenvalue weighted by atomic mass is 10.2. The van der Waals surface area contributed by atoms with Gasteiger partial charge in [0.25, 0.3) is 10.0 Å². The molecule has 0 spiro atoms. The molecule has 5 rings (SSSR count). The number of sulfonamides is 1. The van der Waals surface area contributed by atoms with Gasteiger partial charge < -0.3 is 14.0 Å². The van der Waals surface area contributed by atoms with Gasteiger partial charge in [-0.05, 0) is 24.3 Å². The second-order valence-corrected chi connectivity index (χ2v) is 9.28. The highest BCUT2D eigenvalue weighted by atomic mass is 32.2. The number of anilines is 2. The number of benzene rings is 3. The number of carbonyl (C=O) groups is 1. The van der Waals surface area contributed by atoms with E-state index < -0.39 is 16.1 Å². The monoisotopic (exact) mass is 492 g/mol. The van der Waals surface area contributed by atoms with Crippen LogP contribution in [0.25, 0.3) is 11.4 Å². The van der Waals surface area contributed by atoms with Crippen LogP contribution < -0.4 is 18.7 Å². The summed E-state index contributed by atoms with van der Waals surface area (Å²) in [6.45, 7) is -0.130. The van der Waals surface area contributed by atoms with Crippen molar-refractivity contribution in [3.63, 3.8) is 0 Å². The maximum absolute atomic E-state index is 13.7. The number of para-hydroxylation sites is 1. The van der Waals surface area contributed by atoms with Gasteiger partial charge >= 0.3 is 6.03 Å². The Bertz CT molecular complexity index is 1500. The minimum absolute atomic E-state index is 0.0304. The molecule has 0 saturated heterocycles. The number of amides is 2. The van der Waals surface area contributed by atoms with Crippen LogP contribution in [0.15, 0.2) is 82.2 Å². The molecule has 0 fully saturated rings. The van der Waals surface area contributed by atoms with E-state index in [1.807, 2.05) is 30.3 Å². The summed E-state index contributed by atoms with van der Waals surface area (Å²) in [5, 5.41) is 3.99. The Morgan fingerprint density at radius 1 is 0.914 bits per heavy atom. The first-order chi connectivity index (χ1) is 16.9. The predicted molar refractivity (Wildman–Crippen MR) is 127 cm³/mol. The Morgan fingerprint density at radius 2 is 1.63 bits per heavy atom.